The second-order valence-electron chi connectivity index (χ2n) is 3.37. The van der Waals surface area contributed by atoms with Crippen LogP contribution in [0.25, 0.3) is 11.1 Å². The van der Waals surface area contributed by atoms with E-state index in [1.807, 2.05) is 29.3 Å². The van der Waals surface area contributed by atoms with Gasteiger partial charge in [0, 0.05) is 42.8 Å². The lowest BCUT2D eigenvalue weighted by Crippen LogP contribution is -1.96. The lowest BCUT2D eigenvalue weighted by molar-refractivity contribution is 0.660. The lowest BCUT2D eigenvalue weighted by atomic mass is 10.1. The average molecular weight is 202 g/mol. The van der Waals surface area contributed by atoms with Crippen molar-refractivity contribution < 1.29 is 0 Å². The van der Waals surface area contributed by atoms with Gasteiger partial charge in [-0.3, -0.25) is 9.67 Å². The van der Waals surface area contributed by atoms with Crippen molar-refractivity contribution in [1.29, 1.82) is 0 Å². The second kappa shape index (κ2) is 4.23. The Morgan fingerprint density at radius 2 is 2.13 bits per heavy atom. The van der Waals surface area contributed by atoms with Crippen LogP contribution in [0.2, 0.25) is 0 Å². The van der Waals surface area contributed by atoms with Crippen LogP contribution in [-0.2, 0) is 13.1 Å². The summed E-state index contributed by atoms with van der Waals surface area (Å²) in [6.45, 7) is 3.46. The number of pyridine rings is 1. The van der Waals surface area contributed by atoms with Crippen LogP contribution in [0, 0.1) is 0 Å². The van der Waals surface area contributed by atoms with E-state index in [-0.39, 0.29) is 0 Å². The first-order valence-electron chi connectivity index (χ1n) is 5.00. The molecule has 0 fully saturated rings. The van der Waals surface area contributed by atoms with Crippen LogP contribution in [-0.4, -0.2) is 14.8 Å². The smallest absolute Gasteiger partial charge is 0.0568 e. The minimum atomic E-state index is 0.517. The highest BCUT2D eigenvalue weighted by atomic mass is 15.3. The molecule has 0 unspecified atom stereocenters. The van der Waals surface area contributed by atoms with Gasteiger partial charge < -0.3 is 5.73 Å². The van der Waals surface area contributed by atoms with E-state index in [1.165, 1.54) is 0 Å². The van der Waals surface area contributed by atoms with Crippen molar-refractivity contribution in [2.75, 3.05) is 0 Å². The fourth-order valence-electron chi connectivity index (χ4n) is 1.44. The SMILES string of the molecule is CCn1cc(-c2cncc(CN)c2)cn1. The standard InChI is InChI=1S/C11H14N4/c1-2-15-8-11(7-14-15)10-3-9(4-12)5-13-6-10/h3,5-8H,2,4,12H2,1H3. The Bertz CT molecular complexity index is 447. The quantitative estimate of drug-likeness (QED) is 0.819. The molecular formula is C11H14N4. The van der Waals surface area contributed by atoms with E-state index in [0.717, 1.165) is 23.2 Å². The minimum Gasteiger partial charge on any atom is -0.326 e. The number of aryl methyl sites for hydroxylation is 1. The van der Waals surface area contributed by atoms with E-state index in [1.54, 1.807) is 6.20 Å². The molecule has 2 aromatic rings. The third kappa shape index (κ3) is 2.05. The van der Waals surface area contributed by atoms with Crippen molar-refractivity contribution in [3.8, 4) is 11.1 Å². The van der Waals surface area contributed by atoms with E-state index in [9.17, 15) is 0 Å². The highest BCUT2D eigenvalue weighted by molar-refractivity contribution is 5.61. The molecule has 2 heterocycles. The molecule has 0 radical (unpaired) electrons. The first kappa shape index (κ1) is 9.86. The van der Waals surface area contributed by atoms with Gasteiger partial charge in [-0.1, -0.05) is 0 Å². The number of aromatic nitrogens is 3. The van der Waals surface area contributed by atoms with Crippen LogP contribution in [0.15, 0.2) is 30.9 Å². The summed E-state index contributed by atoms with van der Waals surface area (Å²) in [7, 11) is 0. The molecule has 2 rings (SSSR count). The first-order chi connectivity index (χ1) is 7.33. The molecule has 4 nitrogen and oxygen atoms in total. The van der Waals surface area contributed by atoms with Crippen LogP contribution in [0.3, 0.4) is 0 Å². The third-order valence-electron chi connectivity index (χ3n) is 2.32. The van der Waals surface area contributed by atoms with Gasteiger partial charge in [-0.15, -0.1) is 0 Å². The van der Waals surface area contributed by atoms with Crippen molar-refractivity contribution >= 4 is 0 Å². The van der Waals surface area contributed by atoms with Crippen LogP contribution >= 0.6 is 0 Å². The summed E-state index contributed by atoms with van der Waals surface area (Å²) < 4.78 is 1.89. The molecule has 2 aromatic heterocycles. The maximum Gasteiger partial charge on any atom is 0.0568 e. The Kier molecular flexibility index (Phi) is 2.78. The van der Waals surface area contributed by atoms with E-state index in [2.05, 4.69) is 17.0 Å². The zero-order valence-corrected chi connectivity index (χ0v) is 8.72. The largest absolute Gasteiger partial charge is 0.326 e. The van der Waals surface area contributed by atoms with Crippen molar-refractivity contribution in [3.63, 3.8) is 0 Å². The molecule has 0 amide bonds. The molecule has 0 aromatic carbocycles. The number of nitrogens with two attached hydrogens (primary N) is 1. The molecule has 2 N–H and O–H groups in total. The van der Waals surface area contributed by atoms with Crippen LogP contribution in [0.1, 0.15) is 12.5 Å². The highest BCUT2D eigenvalue weighted by Gasteiger charge is 2.02. The number of nitrogens with zero attached hydrogens (tertiary/aromatic N) is 3. The molecule has 0 saturated heterocycles. The van der Waals surface area contributed by atoms with Gasteiger partial charge in [0.1, 0.15) is 0 Å². The third-order valence-corrected chi connectivity index (χ3v) is 2.32. The van der Waals surface area contributed by atoms with Gasteiger partial charge in [-0.2, -0.15) is 5.10 Å². The minimum absolute atomic E-state index is 0.517. The van der Waals surface area contributed by atoms with E-state index >= 15 is 0 Å². The van der Waals surface area contributed by atoms with Crippen LogP contribution in [0.5, 0.6) is 0 Å². The van der Waals surface area contributed by atoms with Gasteiger partial charge in [0.2, 0.25) is 0 Å². The molecule has 0 aliphatic rings. The topological polar surface area (TPSA) is 56.7 Å². The number of hydrogen-bond donors (Lipinski definition) is 1. The Labute approximate surface area is 88.8 Å². The summed E-state index contributed by atoms with van der Waals surface area (Å²) in [4.78, 5) is 4.15. The Hall–Kier alpha value is -1.68. The molecule has 15 heavy (non-hydrogen) atoms. The lowest BCUT2D eigenvalue weighted by Gasteiger charge is -1.99. The van der Waals surface area contributed by atoms with Crippen molar-refractivity contribution in [1.82, 2.24) is 14.8 Å². The molecular weight excluding hydrogens is 188 g/mol. The van der Waals surface area contributed by atoms with Gasteiger partial charge in [-0.05, 0) is 18.6 Å². The Morgan fingerprint density at radius 3 is 2.80 bits per heavy atom. The molecule has 0 spiro atoms. The van der Waals surface area contributed by atoms with E-state index in [0.29, 0.717) is 6.54 Å². The highest BCUT2D eigenvalue weighted by Crippen LogP contribution is 2.18. The zero-order chi connectivity index (χ0) is 10.7. The average Bonchev–Trinajstić information content (AvgIpc) is 2.78. The predicted molar refractivity (Wildman–Crippen MR) is 59.0 cm³/mol. The number of rotatable bonds is 3. The second-order valence-corrected chi connectivity index (χ2v) is 3.37. The van der Waals surface area contributed by atoms with Gasteiger partial charge in [0.15, 0.2) is 0 Å². The van der Waals surface area contributed by atoms with Gasteiger partial charge in [-0.25, -0.2) is 0 Å². The summed E-state index contributed by atoms with van der Waals surface area (Å²) in [5.41, 5.74) is 8.76. The summed E-state index contributed by atoms with van der Waals surface area (Å²) in [6.07, 6.45) is 7.47. The molecule has 0 saturated carbocycles. The van der Waals surface area contributed by atoms with Crippen molar-refractivity contribution in [2.24, 2.45) is 5.73 Å². The van der Waals surface area contributed by atoms with Crippen molar-refractivity contribution in [2.45, 2.75) is 20.0 Å². The summed E-state index contributed by atoms with van der Waals surface area (Å²) in [5, 5.41) is 4.22. The van der Waals surface area contributed by atoms with Crippen LogP contribution < -0.4 is 5.73 Å². The molecule has 78 valence electrons. The first-order valence-corrected chi connectivity index (χ1v) is 5.00. The summed E-state index contributed by atoms with van der Waals surface area (Å²) in [5.74, 6) is 0. The fraction of sp³-hybridized carbons (Fsp3) is 0.273. The summed E-state index contributed by atoms with van der Waals surface area (Å²) in [6, 6.07) is 2.05. The van der Waals surface area contributed by atoms with E-state index < -0.39 is 0 Å². The molecule has 0 aliphatic carbocycles. The van der Waals surface area contributed by atoms with E-state index in [4.69, 9.17) is 5.73 Å². The van der Waals surface area contributed by atoms with Gasteiger partial charge in [0.05, 0.1) is 6.20 Å². The zero-order valence-electron chi connectivity index (χ0n) is 8.72. The predicted octanol–water partition coefficient (Wildman–Crippen LogP) is 1.42. The van der Waals surface area contributed by atoms with Gasteiger partial charge in [0.25, 0.3) is 0 Å². The maximum absolute atomic E-state index is 5.57. The monoisotopic (exact) mass is 202 g/mol. The molecule has 4 heteroatoms. The molecule has 0 aliphatic heterocycles. The summed E-state index contributed by atoms with van der Waals surface area (Å²) >= 11 is 0. The number of hydrogen-bond acceptors (Lipinski definition) is 3. The molecule has 0 bridgehead atoms. The van der Waals surface area contributed by atoms with Crippen molar-refractivity contribution in [3.05, 3.63) is 36.4 Å². The molecule has 0 atom stereocenters. The van der Waals surface area contributed by atoms with Gasteiger partial charge >= 0.3 is 0 Å². The fourth-order valence-corrected chi connectivity index (χ4v) is 1.44. The normalized spacial score (nSPS) is 10.5. The maximum atomic E-state index is 5.57. The Balaban J connectivity index is 2.35. The Morgan fingerprint density at radius 1 is 1.27 bits per heavy atom. The van der Waals surface area contributed by atoms with Crippen LogP contribution in [0.4, 0.5) is 0 Å².